The SMILES string of the molecule is C[C@@H](Nc1cc(N2CCC(C(=O)N3CCCC(O)C3)CC2)ccc1Cl)c1ccc(Cl)cc1Cl. The Labute approximate surface area is 210 Å². The predicted molar refractivity (Wildman–Crippen MR) is 137 cm³/mol. The van der Waals surface area contributed by atoms with E-state index in [0.717, 1.165) is 62.3 Å². The van der Waals surface area contributed by atoms with Gasteiger partial charge < -0.3 is 20.2 Å². The van der Waals surface area contributed by atoms with Gasteiger partial charge in [0.15, 0.2) is 0 Å². The molecule has 8 heteroatoms. The smallest absolute Gasteiger partial charge is 0.225 e. The van der Waals surface area contributed by atoms with E-state index in [-0.39, 0.29) is 24.0 Å². The van der Waals surface area contributed by atoms with Crippen LogP contribution in [0.5, 0.6) is 0 Å². The number of aliphatic hydroxyl groups excluding tert-OH is 1. The summed E-state index contributed by atoms with van der Waals surface area (Å²) in [6.45, 7) is 4.89. The van der Waals surface area contributed by atoms with E-state index in [4.69, 9.17) is 34.8 Å². The van der Waals surface area contributed by atoms with E-state index in [2.05, 4.69) is 16.3 Å². The van der Waals surface area contributed by atoms with Crippen molar-refractivity contribution in [3.8, 4) is 0 Å². The third-order valence-electron chi connectivity index (χ3n) is 6.67. The van der Waals surface area contributed by atoms with Gasteiger partial charge in [-0.2, -0.15) is 0 Å². The number of piperidine rings is 2. The van der Waals surface area contributed by atoms with Crippen LogP contribution in [0.25, 0.3) is 0 Å². The highest BCUT2D eigenvalue weighted by atomic mass is 35.5. The second-order valence-electron chi connectivity index (χ2n) is 9.04. The van der Waals surface area contributed by atoms with Crippen LogP contribution in [0.1, 0.15) is 44.2 Å². The van der Waals surface area contributed by atoms with Crippen molar-refractivity contribution in [2.24, 2.45) is 5.92 Å². The van der Waals surface area contributed by atoms with Crippen molar-refractivity contribution in [3.63, 3.8) is 0 Å². The van der Waals surface area contributed by atoms with Crippen LogP contribution in [-0.2, 0) is 4.79 Å². The average Bonchev–Trinajstić information content (AvgIpc) is 2.80. The molecule has 2 aromatic rings. The number of halogens is 3. The van der Waals surface area contributed by atoms with Gasteiger partial charge in [-0.25, -0.2) is 0 Å². The molecule has 33 heavy (non-hydrogen) atoms. The zero-order valence-corrected chi connectivity index (χ0v) is 21.0. The summed E-state index contributed by atoms with van der Waals surface area (Å²) in [6, 6.07) is 11.4. The summed E-state index contributed by atoms with van der Waals surface area (Å²) in [5.74, 6) is 0.226. The van der Waals surface area contributed by atoms with Crippen LogP contribution in [0.4, 0.5) is 11.4 Å². The van der Waals surface area contributed by atoms with Crippen LogP contribution in [0.3, 0.4) is 0 Å². The van der Waals surface area contributed by atoms with Crippen LogP contribution >= 0.6 is 34.8 Å². The minimum atomic E-state index is -0.382. The third-order valence-corrected chi connectivity index (χ3v) is 7.56. The van der Waals surface area contributed by atoms with Crippen molar-refractivity contribution in [2.45, 2.75) is 44.8 Å². The first-order chi connectivity index (χ1) is 15.8. The van der Waals surface area contributed by atoms with Gasteiger partial charge in [0.25, 0.3) is 0 Å². The molecule has 0 aliphatic carbocycles. The summed E-state index contributed by atoms with van der Waals surface area (Å²) in [4.78, 5) is 17.0. The van der Waals surface area contributed by atoms with Crippen molar-refractivity contribution >= 4 is 52.1 Å². The fourth-order valence-electron chi connectivity index (χ4n) is 4.78. The zero-order valence-electron chi connectivity index (χ0n) is 18.7. The first kappa shape index (κ1) is 24.5. The van der Waals surface area contributed by atoms with Crippen LogP contribution < -0.4 is 10.2 Å². The fraction of sp³-hybridized carbons (Fsp3) is 0.480. The first-order valence-corrected chi connectivity index (χ1v) is 12.7. The molecule has 2 saturated heterocycles. The Bertz CT molecular complexity index is 995. The highest BCUT2D eigenvalue weighted by Gasteiger charge is 2.31. The topological polar surface area (TPSA) is 55.8 Å². The lowest BCUT2D eigenvalue weighted by atomic mass is 9.93. The molecule has 0 spiro atoms. The number of hydrogen-bond acceptors (Lipinski definition) is 4. The maximum absolute atomic E-state index is 12.9. The van der Waals surface area contributed by atoms with Crippen molar-refractivity contribution in [1.29, 1.82) is 0 Å². The minimum absolute atomic E-state index is 0.0310. The summed E-state index contributed by atoms with van der Waals surface area (Å²) in [7, 11) is 0. The van der Waals surface area contributed by atoms with E-state index in [1.165, 1.54) is 0 Å². The van der Waals surface area contributed by atoms with E-state index in [1.54, 1.807) is 6.07 Å². The summed E-state index contributed by atoms with van der Waals surface area (Å²) in [5.41, 5.74) is 2.87. The normalized spacial score (nSPS) is 20.6. The fourth-order valence-corrected chi connectivity index (χ4v) is 5.53. The summed E-state index contributed by atoms with van der Waals surface area (Å²) in [6.07, 6.45) is 2.92. The van der Waals surface area contributed by atoms with Gasteiger partial charge in [0.1, 0.15) is 0 Å². The molecule has 2 fully saturated rings. The summed E-state index contributed by atoms with van der Waals surface area (Å²) < 4.78 is 0. The number of β-amino-alcohol motifs (C(OH)–C–C–N with tert-alkyl or cyclic N) is 1. The molecule has 0 aromatic heterocycles. The predicted octanol–water partition coefficient (Wildman–Crippen LogP) is 6.02. The maximum atomic E-state index is 12.9. The number of amides is 1. The zero-order chi connectivity index (χ0) is 23.5. The average molecular weight is 511 g/mol. The number of hydrogen-bond donors (Lipinski definition) is 2. The lowest BCUT2D eigenvalue weighted by Gasteiger charge is -2.37. The molecule has 0 radical (unpaired) electrons. The Hall–Kier alpha value is -1.66. The number of rotatable bonds is 5. The Morgan fingerprint density at radius 3 is 2.48 bits per heavy atom. The van der Waals surface area contributed by atoms with Gasteiger partial charge in [-0.15, -0.1) is 0 Å². The molecule has 2 N–H and O–H groups in total. The van der Waals surface area contributed by atoms with Crippen molar-refractivity contribution in [1.82, 2.24) is 4.90 Å². The summed E-state index contributed by atoms with van der Waals surface area (Å²) >= 11 is 18.9. The molecule has 1 amide bonds. The number of carbonyl (C=O) groups is 1. The maximum Gasteiger partial charge on any atom is 0.225 e. The number of aliphatic hydroxyl groups is 1. The lowest BCUT2D eigenvalue weighted by Crippen LogP contribution is -2.47. The van der Waals surface area contributed by atoms with Crippen LogP contribution in [-0.4, -0.2) is 48.2 Å². The summed E-state index contributed by atoms with van der Waals surface area (Å²) in [5, 5.41) is 15.2. The Morgan fingerprint density at radius 2 is 1.79 bits per heavy atom. The van der Waals surface area contributed by atoms with Gasteiger partial charge in [-0.3, -0.25) is 4.79 Å². The van der Waals surface area contributed by atoms with Crippen LogP contribution in [0.2, 0.25) is 15.1 Å². The number of nitrogens with zero attached hydrogens (tertiary/aromatic N) is 2. The second-order valence-corrected chi connectivity index (χ2v) is 10.3. The van der Waals surface area contributed by atoms with Gasteiger partial charge in [-0.1, -0.05) is 40.9 Å². The Kier molecular flexibility index (Phi) is 7.95. The molecule has 2 aliphatic heterocycles. The van der Waals surface area contributed by atoms with Gasteiger partial charge in [0, 0.05) is 47.8 Å². The van der Waals surface area contributed by atoms with Gasteiger partial charge in [0.2, 0.25) is 5.91 Å². The van der Waals surface area contributed by atoms with Crippen molar-refractivity contribution in [3.05, 3.63) is 57.0 Å². The number of benzene rings is 2. The van der Waals surface area contributed by atoms with Gasteiger partial charge in [0.05, 0.1) is 22.9 Å². The number of carbonyl (C=O) groups excluding carboxylic acids is 1. The molecule has 2 atom stereocenters. The number of nitrogens with one attached hydrogen (secondary N) is 1. The molecule has 2 aromatic carbocycles. The van der Waals surface area contributed by atoms with Crippen LogP contribution in [0.15, 0.2) is 36.4 Å². The highest BCUT2D eigenvalue weighted by Crippen LogP contribution is 2.34. The Balaban J connectivity index is 1.39. The quantitative estimate of drug-likeness (QED) is 0.516. The molecular formula is C25H30Cl3N3O2. The molecule has 1 unspecified atom stereocenters. The van der Waals surface area contributed by atoms with E-state index >= 15 is 0 Å². The third kappa shape index (κ3) is 5.89. The number of likely N-dealkylation sites (tertiary alicyclic amines) is 1. The monoisotopic (exact) mass is 509 g/mol. The molecular weight excluding hydrogens is 481 g/mol. The Morgan fingerprint density at radius 1 is 1.03 bits per heavy atom. The molecule has 5 nitrogen and oxygen atoms in total. The van der Waals surface area contributed by atoms with Gasteiger partial charge in [-0.05, 0) is 68.5 Å². The minimum Gasteiger partial charge on any atom is -0.391 e. The van der Waals surface area contributed by atoms with Crippen molar-refractivity contribution in [2.75, 3.05) is 36.4 Å². The molecule has 4 rings (SSSR count). The van der Waals surface area contributed by atoms with Crippen LogP contribution in [0, 0.1) is 5.92 Å². The first-order valence-electron chi connectivity index (χ1n) is 11.5. The van der Waals surface area contributed by atoms with E-state index in [1.807, 2.05) is 36.1 Å². The lowest BCUT2D eigenvalue weighted by molar-refractivity contribution is -0.139. The molecule has 2 aliphatic rings. The number of anilines is 2. The van der Waals surface area contributed by atoms with E-state index in [0.29, 0.717) is 21.6 Å². The van der Waals surface area contributed by atoms with Gasteiger partial charge >= 0.3 is 0 Å². The second kappa shape index (κ2) is 10.7. The largest absolute Gasteiger partial charge is 0.391 e. The standard InChI is InChI=1S/C25H30Cl3N3O2/c1-16(21-6-4-18(26)13-23(21)28)29-24-14-19(5-7-22(24)27)30-11-8-17(9-12-30)25(33)31-10-2-3-20(32)15-31/h4-7,13-14,16-17,20,29,32H,2-3,8-12,15H2,1H3/t16-,20?/m1/s1. The van der Waals surface area contributed by atoms with E-state index in [9.17, 15) is 9.90 Å². The van der Waals surface area contributed by atoms with E-state index < -0.39 is 0 Å². The molecule has 0 saturated carbocycles. The van der Waals surface area contributed by atoms with Crippen molar-refractivity contribution < 1.29 is 9.90 Å². The molecule has 0 bridgehead atoms. The molecule has 2 heterocycles. The highest BCUT2D eigenvalue weighted by molar-refractivity contribution is 6.35. The molecule has 178 valence electrons.